The lowest BCUT2D eigenvalue weighted by molar-refractivity contribution is -0.137. The van der Waals surface area contributed by atoms with Gasteiger partial charge in [-0.25, -0.2) is 4.39 Å². The van der Waals surface area contributed by atoms with E-state index in [1.54, 1.807) is 6.07 Å². The minimum Gasteiger partial charge on any atom is -0.383 e. The van der Waals surface area contributed by atoms with Gasteiger partial charge in [0.1, 0.15) is 11.5 Å². The van der Waals surface area contributed by atoms with Gasteiger partial charge in [-0.2, -0.15) is 13.2 Å². The number of carbonyl (C=O) groups excluding carboxylic acids is 1. The number of benzene rings is 2. The molecule has 1 amide bonds. The number of aromatic nitrogens is 1. The van der Waals surface area contributed by atoms with E-state index in [2.05, 4.69) is 0 Å². The van der Waals surface area contributed by atoms with Crippen LogP contribution in [0.2, 0.25) is 0 Å². The van der Waals surface area contributed by atoms with Crippen molar-refractivity contribution in [1.82, 2.24) is 4.57 Å². The molecular formula is C22H20F4N2O3. The molecule has 0 spiro atoms. The quantitative estimate of drug-likeness (QED) is 0.598. The molecule has 0 aliphatic rings. The summed E-state index contributed by atoms with van der Waals surface area (Å²) >= 11 is 0. The Kier molecular flexibility index (Phi) is 6.17. The first-order valence-electron chi connectivity index (χ1n) is 9.35. The van der Waals surface area contributed by atoms with Crippen LogP contribution in [0.3, 0.4) is 0 Å². The summed E-state index contributed by atoms with van der Waals surface area (Å²) in [5, 5.41) is 0.00422. The van der Waals surface area contributed by atoms with Crippen LogP contribution in [0.15, 0.2) is 41.2 Å². The first-order valence-corrected chi connectivity index (χ1v) is 9.35. The van der Waals surface area contributed by atoms with Gasteiger partial charge in [-0.15, -0.1) is 0 Å². The van der Waals surface area contributed by atoms with E-state index in [9.17, 15) is 27.2 Å². The summed E-state index contributed by atoms with van der Waals surface area (Å²) in [5.74, 6) is -1.42. The number of nitrogens with two attached hydrogens (primary N) is 1. The smallest absolute Gasteiger partial charge is 0.383 e. The van der Waals surface area contributed by atoms with Crippen LogP contribution in [0, 0.1) is 12.7 Å². The fourth-order valence-corrected chi connectivity index (χ4v) is 3.77. The summed E-state index contributed by atoms with van der Waals surface area (Å²) in [4.78, 5) is 25.3. The van der Waals surface area contributed by atoms with Crippen molar-refractivity contribution >= 4 is 16.7 Å². The van der Waals surface area contributed by atoms with Crippen LogP contribution in [0.4, 0.5) is 17.6 Å². The highest BCUT2D eigenvalue weighted by Crippen LogP contribution is 2.35. The lowest BCUT2D eigenvalue weighted by Gasteiger charge is -2.19. The normalized spacial score (nSPS) is 11.8. The maximum atomic E-state index is 13.6. The highest BCUT2D eigenvalue weighted by atomic mass is 19.4. The van der Waals surface area contributed by atoms with Gasteiger partial charge in [-0.3, -0.25) is 9.59 Å². The van der Waals surface area contributed by atoms with Crippen molar-refractivity contribution in [1.29, 1.82) is 0 Å². The molecule has 0 saturated carbocycles. The molecule has 1 aromatic heterocycles. The predicted octanol–water partition coefficient (Wildman–Crippen LogP) is 3.80. The van der Waals surface area contributed by atoms with Crippen molar-refractivity contribution in [2.24, 2.45) is 5.73 Å². The SMILES string of the molecule is COCCn1c(C(N)=O)c(C)c2c(Cc3cccc(F)c3)cc(C(F)(F)F)cc2c1=O. The van der Waals surface area contributed by atoms with E-state index in [1.165, 1.54) is 32.2 Å². The number of halogens is 4. The maximum absolute atomic E-state index is 13.6. The Morgan fingerprint density at radius 3 is 2.48 bits per heavy atom. The number of carbonyl (C=O) groups is 1. The number of nitrogens with zero attached hydrogens (tertiary/aromatic N) is 1. The van der Waals surface area contributed by atoms with Gasteiger partial charge in [0.15, 0.2) is 0 Å². The molecule has 0 saturated heterocycles. The summed E-state index contributed by atoms with van der Waals surface area (Å²) < 4.78 is 60.4. The van der Waals surface area contributed by atoms with Crippen LogP contribution in [0.1, 0.15) is 32.7 Å². The number of pyridine rings is 1. The highest BCUT2D eigenvalue weighted by molar-refractivity contribution is 6.00. The van der Waals surface area contributed by atoms with Gasteiger partial charge in [0.05, 0.1) is 12.2 Å². The molecule has 0 aliphatic carbocycles. The van der Waals surface area contributed by atoms with Crippen LogP contribution in [-0.4, -0.2) is 24.2 Å². The van der Waals surface area contributed by atoms with Gasteiger partial charge in [-0.05, 0) is 59.7 Å². The monoisotopic (exact) mass is 436 g/mol. The number of rotatable bonds is 6. The number of primary amides is 1. The number of aryl methyl sites for hydroxylation is 1. The molecule has 5 nitrogen and oxygen atoms in total. The molecular weight excluding hydrogens is 416 g/mol. The summed E-state index contributed by atoms with van der Waals surface area (Å²) in [7, 11) is 1.39. The summed E-state index contributed by atoms with van der Waals surface area (Å²) in [6, 6.07) is 7.13. The van der Waals surface area contributed by atoms with E-state index in [4.69, 9.17) is 10.5 Å². The van der Waals surface area contributed by atoms with Gasteiger partial charge in [0.25, 0.3) is 11.5 Å². The number of hydrogen-bond acceptors (Lipinski definition) is 3. The molecule has 0 unspecified atom stereocenters. The lowest BCUT2D eigenvalue weighted by Crippen LogP contribution is -2.32. The summed E-state index contributed by atoms with van der Waals surface area (Å²) in [5.41, 5.74) is 4.45. The molecule has 3 aromatic rings. The van der Waals surface area contributed by atoms with Crippen LogP contribution < -0.4 is 11.3 Å². The molecule has 164 valence electrons. The predicted molar refractivity (Wildman–Crippen MR) is 108 cm³/mol. The van der Waals surface area contributed by atoms with Crippen LogP contribution >= 0.6 is 0 Å². The van der Waals surface area contributed by atoms with E-state index >= 15 is 0 Å². The molecule has 1 heterocycles. The van der Waals surface area contributed by atoms with Crippen molar-refractivity contribution < 1.29 is 27.1 Å². The molecule has 0 atom stereocenters. The van der Waals surface area contributed by atoms with Gasteiger partial charge >= 0.3 is 6.18 Å². The number of fused-ring (bicyclic) bond motifs is 1. The Balaban J connectivity index is 2.40. The van der Waals surface area contributed by atoms with Gasteiger partial charge < -0.3 is 15.0 Å². The number of hydrogen-bond donors (Lipinski definition) is 1. The average Bonchev–Trinajstić information content (AvgIpc) is 2.68. The molecule has 3 rings (SSSR count). The molecule has 0 fully saturated rings. The minimum atomic E-state index is -4.70. The fraction of sp³-hybridized carbons (Fsp3) is 0.273. The molecule has 0 aliphatic heterocycles. The molecule has 0 bridgehead atoms. The van der Waals surface area contributed by atoms with Crippen LogP contribution in [-0.2, 0) is 23.9 Å². The molecule has 0 radical (unpaired) electrons. The third kappa shape index (κ3) is 4.46. The van der Waals surface area contributed by atoms with E-state index in [1.807, 2.05) is 0 Å². The van der Waals surface area contributed by atoms with Crippen molar-refractivity contribution in [3.63, 3.8) is 0 Å². The minimum absolute atomic E-state index is 0.0557. The molecule has 2 N–H and O–H groups in total. The van der Waals surface area contributed by atoms with Crippen molar-refractivity contribution in [2.45, 2.75) is 26.1 Å². The Hall–Kier alpha value is -3.20. The highest BCUT2D eigenvalue weighted by Gasteiger charge is 2.32. The molecule has 31 heavy (non-hydrogen) atoms. The zero-order valence-corrected chi connectivity index (χ0v) is 16.8. The number of amides is 1. The Morgan fingerprint density at radius 1 is 1.19 bits per heavy atom. The zero-order chi connectivity index (χ0) is 22.9. The van der Waals surface area contributed by atoms with Crippen LogP contribution in [0.25, 0.3) is 10.8 Å². The maximum Gasteiger partial charge on any atom is 0.416 e. The van der Waals surface area contributed by atoms with Gasteiger partial charge in [0, 0.05) is 19.0 Å². The number of methoxy groups -OCH3 is 1. The van der Waals surface area contributed by atoms with E-state index in [-0.39, 0.29) is 47.2 Å². The Morgan fingerprint density at radius 2 is 1.90 bits per heavy atom. The Labute approximate surface area is 175 Å². The zero-order valence-electron chi connectivity index (χ0n) is 16.8. The number of alkyl halides is 3. The second-order valence-corrected chi connectivity index (χ2v) is 7.15. The van der Waals surface area contributed by atoms with Crippen molar-refractivity contribution in [2.75, 3.05) is 13.7 Å². The summed E-state index contributed by atoms with van der Waals surface area (Å²) in [6.07, 6.45) is -4.77. The molecule has 2 aromatic carbocycles. The second kappa shape index (κ2) is 8.50. The van der Waals surface area contributed by atoms with Crippen LogP contribution in [0.5, 0.6) is 0 Å². The first-order chi connectivity index (χ1) is 14.5. The van der Waals surface area contributed by atoms with Crippen molar-refractivity contribution in [3.8, 4) is 0 Å². The first kappa shape index (κ1) is 22.5. The topological polar surface area (TPSA) is 74.3 Å². The standard InChI is InChI=1S/C22H20F4N2O3/c1-12-18-14(8-13-4-3-5-16(23)9-13)10-15(22(24,25)26)11-17(18)21(30)28(6-7-31-2)19(12)20(27)29/h3-5,9-11H,6-8H2,1-2H3,(H2,27,29). The Bertz CT molecular complexity index is 1220. The molecule has 9 heteroatoms. The lowest BCUT2D eigenvalue weighted by atomic mass is 9.92. The van der Waals surface area contributed by atoms with Gasteiger partial charge in [0.2, 0.25) is 0 Å². The van der Waals surface area contributed by atoms with E-state index in [0.29, 0.717) is 5.56 Å². The largest absolute Gasteiger partial charge is 0.416 e. The van der Waals surface area contributed by atoms with E-state index < -0.39 is 29.0 Å². The third-order valence-corrected chi connectivity index (χ3v) is 5.06. The van der Waals surface area contributed by atoms with E-state index in [0.717, 1.165) is 16.7 Å². The average molecular weight is 436 g/mol. The van der Waals surface area contributed by atoms with Gasteiger partial charge in [-0.1, -0.05) is 12.1 Å². The third-order valence-electron chi connectivity index (χ3n) is 5.06. The summed E-state index contributed by atoms with van der Waals surface area (Å²) in [6.45, 7) is 1.52. The second-order valence-electron chi connectivity index (χ2n) is 7.15. The number of ether oxygens (including phenoxy) is 1. The van der Waals surface area contributed by atoms with Crippen molar-refractivity contribution in [3.05, 3.63) is 80.5 Å². The fourth-order valence-electron chi connectivity index (χ4n) is 3.77.